The van der Waals surface area contributed by atoms with E-state index in [1.165, 1.54) is 0 Å². The normalized spacial score (nSPS) is 15.9. The molecule has 1 N–H and O–H groups in total. The Labute approximate surface area is 134 Å². The van der Waals surface area contributed by atoms with Crippen LogP contribution in [0.4, 0.5) is 0 Å². The summed E-state index contributed by atoms with van der Waals surface area (Å²) in [5, 5.41) is 6.70. The quantitative estimate of drug-likeness (QED) is 0.915. The van der Waals surface area contributed by atoms with Crippen molar-refractivity contribution in [1.82, 2.24) is 10.5 Å². The van der Waals surface area contributed by atoms with Gasteiger partial charge in [0.15, 0.2) is 0 Å². The van der Waals surface area contributed by atoms with E-state index >= 15 is 0 Å². The zero-order valence-corrected chi connectivity index (χ0v) is 13.5. The summed E-state index contributed by atoms with van der Waals surface area (Å²) in [6.07, 6.45) is 1.25. The molecule has 23 heavy (non-hydrogen) atoms. The number of ether oxygens (including phenoxy) is 2. The van der Waals surface area contributed by atoms with Crippen molar-refractivity contribution in [2.24, 2.45) is 0 Å². The molecule has 122 valence electrons. The summed E-state index contributed by atoms with van der Waals surface area (Å²) in [7, 11) is 1.63. The summed E-state index contributed by atoms with van der Waals surface area (Å²) in [5.41, 5.74) is 2.66. The van der Waals surface area contributed by atoms with Gasteiger partial charge in [-0.1, -0.05) is 5.16 Å². The number of fused-ring (bicyclic) bond motifs is 1. The molecule has 0 unspecified atom stereocenters. The molecule has 1 amide bonds. The third kappa shape index (κ3) is 3.47. The summed E-state index contributed by atoms with van der Waals surface area (Å²) in [6.45, 7) is 4.21. The zero-order valence-electron chi connectivity index (χ0n) is 13.5. The van der Waals surface area contributed by atoms with E-state index in [2.05, 4.69) is 10.5 Å². The van der Waals surface area contributed by atoms with Gasteiger partial charge in [0, 0.05) is 30.2 Å². The van der Waals surface area contributed by atoms with Gasteiger partial charge in [0.25, 0.3) is 0 Å². The summed E-state index contributed by atoms with van der Waals surface area (Å²) in [5.74, 6) is 2.21. The smallest absolute Gasteiger partial charge is 0.226 e. The highest BCUT2D eigenvalue weighted by atomic mass is 16.5. The van der Waals surface area contributed by atoms with Crippen molar-refractivity contribution in [3.8, 4) is 11.5 Å². The number of aromatic nitrogens is 1. The molecule has 2 heterocycles. The summed E-state index contributed by atoms with van der Waals surface area (Å²) in [6, 6.07) is 5.68. The second-order valence-corrected chi connectivity index (χ2v) is 5.79. The summed E-state index contributed by atoms with van der Waals surface area (Å²) >= 11 is 0. The van der Waals surface area contributed by atoms with Gasteiger partial charge in [-0.2, -0.15) is 0 Å². The molecule has 1 aromatic heterocycles. The number of rotatable bonds is 5. The number of hydrogen-bond acceptors (Lipinski definition) is 5. The number of nitrogens with one attached hydrogen (secondary N) is 1. The van der Waals surface area contributed by atoms with E-state index in [1.54, 1.807) is 20.1 Å². The first kappa shape index (κ1) is 15.4. The van der Waals surface area contributed by atoms with E-state index in [4.69, 9.17) is 14.0 Å². The van der Waals surface area contributed by atoms with Crippen LogP contribution in [0, 0.1) is 6.92 Å². The van der Waals surface area contributed by atoms with Crippen LogP contribution in [0.15, 0.2) is 22.7 Å². The van der Waals surface area contributed by atoms with Crippen LogP contribution in [-0.4, -0.2) is 24.3 Å². The van der Waals surface area contributed by atoms with E-state index in [-0.39, 0.29) is 18.4 Å². The number of aryl methyl sites for hydroxylation is 1. The van der Waals surface area contributed by atoms with Gasteiger partial charge in [-0.15, -0.1) is 0 Å². The van der Waals surface area contributed by atoms with Crippen molar-refractivity contribution < 1.29 is 18.8 Å². The molecular formula is C17H20N2O4. The monoisotopic (exact) mass is 316 g/mol. The number of nitrogens with zero attached hydrogens (tertiary/aromatic N) is 1. The maximum Gasteiger partial charge on any atom is 0.226 e. The third-order valence-electron chi connectivity index (χ3n) is 3.79. The van der Waals surface area contributed by atoms with Gasteiger partial charge >= 0.3 is 0 Å². The lowest BCUT2D eigenvalue weighted by Gasteiger charge is -2.12. The molecule has 0 fully saturated rings. The van der Waals surface area contributed by atoms with Crippen LogP contribution in [0.1, 0.15) is 29.5 Å². The Hall–Kier alpha value is -2.50. The Balaban J connectivity index is 1.65. The maximum absolute atomic E-state index is 12.0. The van der Waals surface area contributed by atoms with Gasteiger partial charge in [-0.25, -0.2) is 0 Å². The summed E-state index contributed by atoms with van der Waals surface area (Å²) < 4.78 is 16.1. The minimum atomic E-state index is -0.116. The van der Waals surface area contributed by atoms with Crippen molar-refractivity contribution in [1.29, 1.82) is 0 Å². The SMILES string of the molecule is COc1cc2c(cc1CNC(=O)Cc1cc(C)on1)O[C@@H](C)C2. The van der Waals surface area contributed by atoms with Gasteiger partial charge in [-0.05, 0) is 26.0 Å². The first-order valence-corrected chi connectivity index (χ1v) is 7.60. The molecule has 1 aromatic carbocycles. The van der Waals surface area contributed by atoms with Crippen LogP contribution in [0.25, 0.3) is 0 Å². The lowest BCUT2D eigenvalue weighted by molar-refractivity contribution is -0.120. The van der Waals surface area contributed by atoms with Crippen molar-refractivity contribution in [2.45, 2.75) is 39.3 Å². The molecule has 2 aromatic rings. The Kier molecular flexibility index (Phi) is 4.23. The highest BCUT2D eigenvalue weighted by Crippen LogP contribution is 2.34. The Bertz CT molecular complexity index is 723. The van der Waals surface area contributed by atoms with Gasteiger partial charge < -0.3 is 19.3 Å². The zero-order chi connectivity index (χ0) is 16.4. The largest absolute Gasteiger partial charge is 0.496 e. The maximum atomic E-state index is 12.0. The molecule has 6 nitrogen and oxygen atoms in total. The Morgan fingerprint density at radius 3 is 2.96 bits per heavy atom. The molecule has 0 bridgehead atoms. The molecule has 0 radical (unpaired) electrons. The topological polar surface area (TPSA) is 73.6 Å². The molecule has 0 spiro atoms. The van der Waals surface area contributed by atoms with Crippen molar-refractivity contribution >= 4 is 5.91 Å². The van der Waals surface area contributed by atoms with E-state index in [0.29, 0.717) is 18.0 Å². The van der Waals surface area contributed by atoms with Crippen LogP contribution in [0.5, 0.6) is 11.5 Å². The van der Waals surface area contributed by atoms with Gasteiger partial charge in [0.1, 0.15) is 23.4 Å². The molecule has 1 atom stereocenters. The van der Waals surface area contributed by atoms with Crippen LogP contribution in [-0.2, 0) is 24.2 Å². The third-order valence-corrected chi connectivity index (χ3v) is 3.79. The Morgan fingerprint density at radius 2 is 2.26 bits per heavy atom. The number of carbonyl (C=O) groups is 1. The van der Waals surface area contributed by atoms with Crippen molar-refractivity contribution in [3.63, 3.8) is 0 Å². The van der Waals surface area contributed by atoms with E-state index in [0.717, 1.165) is 29.0 Å². The molecule has 0 saturated carbocycles. The fraction of sp³-hybridized carbons (Fsp3) is 0.412. The second kappa shape index (κ2) is 6.32. The van der Waals surface area contributed by atoms with Gasteiger partial charge in [0.2, 0.25) is 5.91 Å². The highest BCUT2D eigenvalue weighted by molar-refractivity contribution is 5.78. The highest BCUT2D eigenvalue weighted by Gasteiger charge is 2.21. The molecule has 0 saturated heterocycles. The number of benzene rings is 1. The molecule has 1 aliphatic rings. The number of methoxy groups -OCH3 is 1. The second-order valence-electron chi connectivity index (χ2n) is 5.79. The molecule has 6 heteroatoms. The fourth-order valence-corrected chi connectivity index (χ4v) is 2.73. The van der Waals surface area contributed by atoms with Gasteiger partial charge in [0.05, 0.1) is 19.2 Å². The van der Waals surface area contributed by atoms with Crippen molar-refractivity contribution in [2.75, 3.05) is 7.11 Å². The molecular weight excluding hydrogens is 296 g/mol. The van der Waals surface area contributed by atoms with Crippen molar-refractivity contribution in [3.05, 3.63) is 40.8 Å². The first-order chi connectivity index (χ1) is 11.0. The molecule has 3 rings (SSSR count). The Morgan fingerprint density at radius 1 is 1.43 bits per heavy atom. The molecule has 1 aliphatic heterocycles. The predicted molar refractivity (Wildman–Crippen MR) is 83.6 cm³/mol. The standard InChI is InChI=1S/C17H20N2O4/c1-10-4-12-6-15(21-3)13(7-16(12)22-10)9-18-17(20)8-14-5-11(2)23-19-14/h5-7,10H,4,8-9H2,1-3H3,(H,18,20)/t10-/m0/s1. The van der Waals surface area contributed by atoms with Crippen LogP contribution in [0.3, 0.4) is 0 Å². The average molecular weight is 316 g/mol. The van der Waals surface area contributed by atoms with E-state index < -0.39 is 0 Å². The molecule has 0 aliphatic carbocycles. The van der Waals surface area contributed by atoms with Crippen LogP contribution < -0.4 is 14.8 Å². The lowest BCUT2D eigenvalue weighted by atomic mass is 10.1. The minimum Gasteiger partial charge on any atom is -0.496 e. The van der Waals surface area contributed by atoms with Gasteiger partial charge in [-0.3, -0.25) is 4.79 Å². The van der Waals surface area contributed by atoms with Crippen LogP contribution in [0.2, 0.25) is 0 Å². The lowest BCUT2D eigenvalue weighted by Crippen LogP contribution is -2.25. The number of amides is 1. The van der Waals surface area contributed by atoms with E-state index in [1.807, 2.05) is 19.1 Å². The fourth-order valence-electron chi connectivity index (χ4n) is 2.73. The van der Waals surface area contributed by atoms with Crippen LogP contribution >= 0.6 is 0 Å². The van der Waals surface area contributed by atoms with E-state index in [9.17, 15) is 4.79 Å². The minimum absolute atomic E-state index is 0.116. The number of hydrogen-bond donors (Lipinski definition) is 1. The first-order valence-electron chi connectivity index (χ1n) is 7.60. The predicted octanol–water partition coefficient (Wildman–Crippen LogP) is 2.17. The summed E-state index contributed by atoms with van der Waals surface area (Å²) in [4.78, 5) is 12.0. The average Bonchev–Trinajstić information content (AvgIpc) is 3.08. The number of carbonyl (C=O) groups excluding carboxylic acids is 1.